The monoisotopic (exact) mass is 453 g/mol. The first-order valence-electron chi connectivity index (χ1n) is 7.94. The van der Waals surface area contributed by atoms with E-state index in [1.807, 2.05) is 39.8 Å². The molecule has 1 aliphatic rings. The molecule has 0 aliphatic carbocycles. The van der Waals surface area contributed by atoms with Crippen LogP contribution in [0.5, 0.6) is 0 Å². The molecule has 0 fully saturated rings. The maximum atomic E-state index is 12.8. The molecule has 1 aromatic heterocycles. The number of hydrogen-bond acceptors (Lipinski definition) is 4. The summed E-state index contributed by atoms with van der Waals surface area (Å²) in [5.74, 6) is -0.00113. The molecule has 26 heavy (non-hydrogen) atoms. The molecule has 0 unspecified atom stereocenters. The molecule has 1 N–H and O–H groups in total. The van der Waals surface area contributed by atoms with Crippen LogP contribution < -0.4 is 4.31 Å². The molecule has 0 atom stereocenters. The zero-order chi connectivity index (χ0) is 18.1. The summed E-state index contributed by atoms with van der Waals surface area (Å²) in [5, 5.41) is 14.8. The van der Waals surface area contributed by atoms with Crippen molar-refractivity contribution in [2.45, 2.75) is 34.2 Å². The number of nitrogens with zero attached hydrogens (tertiary/aromatic N) is 3. The normalized spacial score (nSPS) is 14.4. The van der Waals surface area contributed by atoms with Gasteiger partial charge in [0, 0.05) is 58.1 Å². The Labute approximate surface area is 181 Å². The largest absolute Gasteiger partial charge is 0.506 e. The minimum Gasteiger partial charge on any atom is -0.506 e. The fraction of sp³-hybridized carbons (Fsp3) is 0.333. The topological polar surface area (TPSA) is 75.4 Å². The first-order chi connectivity index (χ1) is 11.4. The number of aryl methyl sites for hydroxylation is 2. The first kappa shape index (κ1) is 24.8. The third-order valence-corrected chi connectivity index (χ3v) is 5.67. The van der Waals surface area contributed by atoms with Crippen LogP contribution in [0.2, 0.25) is 0 Å². The van der Waals surface area contributed by atoms with Gasteiger partial charge in [-0.15, -0.1) is 0 Å². The minimum absolute atomic E-state index is 0. The Morgan fingerprint density at radius 2 is 1.73 bits per heavy atom. The number of aliphatic hydroxyl groups is 1. The van der Waals surface area contributed by atoms with Gasteiger partial charge < -0.3 is 12.5 Å². The number of benzene rings is 1. The van der Waals surface area contributed by atoms with Crippen molar-refractivity contribution in [3.63, 3.8) is 0 Å². The fourth-order valence-electron chi connectivity index (χ4n) is 2.56. The van der Waals surface area contributed by atoms with Crippen molar-refractivity contribution in [3.8, 4) is 0 Å². The number of rotatable bonds is 2. The summed E-state index contributed by atoms with van der Waals surface area (Å²) >= 11 is 0. The van der Waals surface area contributed by atoms with E-state index < -0.39 is 10.0 Å². The molecule has 0 saturated carbocycles. The molecule has 2 aromatic rings. The van der Waals surface area contributed by atoms with E-state index in [1.54, 1.807) is 23.0 Å². The third kappa shape index (κ3) is 4.05. The number of anilines is 1. The van der Waals surface area contributed by atoms with E-state index in [4.69, 9.17) is 0 Å². The summed E-state index contributed by atoms with van der Waals surface area (Å²) in [6.07, 6.45) is 1.66. The van der Waals surface area contributed by atoms with E-state index in [0.29, 0.717) is 17.7 Å². The van der Waals surface area contributed by atoms with Gasteiger partial charge in [0.15, 0.2) is 5.82 Å². The zero-order valence-electron chi connectivity index (χ0n) is 16.2. The SMILES string of the molecule is CC.CCn1cc2c(n1)N(C)S(=O)(=O)C(c1ccccc1C)=C2O.[CH3-].[Y]. The summed E-state index contributed by atoms with van der Waals surface area (Å²) in [5.41, 5.74) is 1.71. The molecule has 0 amide bonds. The second kappa shape index (κ2) is 9.67. The van der Waals surface area contributed by atoms with Crippen LogP contribution >= 0.6 is 0 Å². The van der Waals surface area contributed by atoms with E-state index in [1.165, 1.54) is 7.05 Å². The Morgan fingerprint density at radius 3 is 2.27 bits per heavy atom. The van der Waals surface area contributed by atoms with Gasteiger partial charge in [-0.2, -0.15) is 5.10 Å². The van der Waals surface area contributed by atoms with Gasteiger partial charge in [-0.1, -0.05) is 38.1 Å². The van der Waals surface area contributed by atoms with Crippen LogP contribution in [0.15, 0.2) is 30.5 Å². The van der Waals surface area contributed by atoms with Crippen LogP contribution in [-0.4, -0.2) is 30.4 Å². The smallest absolute Gasteiger partial charge is 0.269 e. The Morgan fingerprint density at radius 1 is 1.15 bits per heavy atom. The van der Waals surface area contributed by atoms with Crippen molar-refractivity contribution in [2.75, 3.05) is 11.4 Å². The quantitative estimate of drug-likeness (QED) is 0.701. The maximum Gasteiger partial charge on any atom is 0.269 e. The average Bonchev–Trinajstić information content (AvgIpc) is 3.01. The van der Waals surface area contributed by atoms with Crippen molar-refractivity contribution in [1.29, 1.82) is 0 Å². The molecular formula is C18H26N3O3SY-. The van der Waals surface area contributed by atoms with Crippen molar-refractivity contribution in [3.05, 3.63) is 54.6 Å². The van der Waals surface area contributed by atoms with Crippen LogP contribution in [0.3, 0.4) is 0 Å². The van der Waals surface area contributed by atoms with Crippen LogP contribution in [0, 0.1) is 14.4 Å². The van der Waals surface area contributed by atoms with Gasteiger partial charge in [0.05, 0.1) is 5.56 Å². The van der Waals surface area contributed by atoms with Crippen molar-refractivity contribution >= 4 is 26.5 Å². The molecular weight excluding hydrogens is 427 g/mol. The molecule has 6 nitrogen and oxygen atoms in total. The Balaban J connectivity index is 0.00000151. The van der Waals surface area contributed by atoms with E-state index in [9.17, 15) is 13.5 Å². The van der Waals surface area contributed by atoms with Gasteiger partial charge >= 0.3 is 0 Å². The van der Waals surface area contributed by atoms with Gasteiger partial charge in [0.2, 0.25) is 0 Å². The summed E-state index contributed by atoms with van der Waals surface area (Å²) < 4.78 is 28.3. The van der Waals surface area contributed by atoms with Crippen LogP contribution in [0.1, 0.15) is 37.5 Å². The van der Waals surface area contributed by atoms with Gasteiger partial charge in [0.25, 0.3) is 10.0 Å². The molecule has 0 spiro atoms. The minimum atomic E-state index is -3.85. The first-order valence-corrected chi connectivity index (χ1v) is 9.38. The number of aromatic nitrogens is 2. The summed E-state index contributed by atoms with van der Waals surface area (Å²) in [6, 6.07) is 7.09. The molecule has 141 valence electrons. The predicted molar refractivity (Wildman–Crippen MR) is 104 cm³/mol. The zero-order valence-corrected chi connectivity index (χ0v) is 19.8. The third-order valence-electron chi connectivity index (χ3n) is 3.84. The van der Waals surface area contributed by atoms with Gasteiger partial charge in [0.1, 0.15) is 10.7 Å². The Hall–Kier alpha value is -1.18. The second-order valence-corrected chi connectivity index (χ2v) is 7.09. The summed E-state index contributed by atoms with van der Waals surface area (Å²) in [6.45, 7) is 8.31. The average molecular weight is 453 g/mol. The van der Waals surface area contributed by atoms with Gasteiger partial charge in [-0.05, 0) is 19.4 Å². The molecule has 2 heterocycles. The molecule has 8 heteroatoms. The van der Waals surface area contributed by atoms with Gasteiger partial charge in [-0.25, -0.2) is 8.42 Å². The van der Waals surface area contributed by atoms with Crippen molar-refractivity contribution in [2.24, 2.45) is 0 Å². The molecule has 3 rings (SSSR count). The molecule has 1 aromatic carbocycles. The van der Waals surface area contributed by atoms with E-state index in [2.05, 4.69) is 5.10 Å². The van der Waals surface area contributed by atoms with Gasteiger partial charge in [-0.3, -0.25) is 8.99 Å². The van der Waals surface area contributed by atoms with E-state index >= 15 is 0 Å². The molecule has 1 aliphatic heterocycles. The van der Waals surface area contributed by atoms with E-state index in [-0.39, 0.29) is 56.6 Å². The molecule has 0 saturated heterocycles. The molecule has 0 bridgehead atoms. The predicted octanol–water partition coefficient (Wildman–Crippen LogP) is 3.85. The standard InChI is InChI=1S/C15H17N3O3S.C2H6.CH3.Y/c1-4-18-9-12-13(19)14(11-8-6-5-7-10(11)2)22(20,21)17(3)15(12)16-18;1-2;;/h5-9,19H,4H2,1-3H3;1-2H3;1H3;/q;;-1;. The summed E-state index contributed by atoms with van der Waals surface area (Å²) in [7, 11) is -2.40. The fourth-order valence-corrected chi connectivity index (χ4v) is 4.06. The number of aliphatic hydroxyl groups excluding tert-OH is 1. The van der Waals surface area contributed by atoms with Crippen LogP contribution in [-0.2, 0) is 49.3 Å². The van der Waals surface area contributed by atoms with Crippen LogP contribution in [0.4, 0.5) is 5.82 Å². The van der Waals surface area contributed by atoms with E-state index in [0.717, 1.165) is 9.87 Å². The Kier molecular flexibility index (Phi) is 9.23. The second-order valence-electron chi connectivity index (χ2n) is 5.19. The number of sulfonamides is 1. The Bertz CT molecular complexity index is 889. The number of hydrogen-bond donors (Lipinski definition) is 1. The van der Waals surface area contributed by atoms with Crippen molar-refractivity contribution < 1.29 is 46.2 Å². The molecule has 1 radical (unpaired) electrons. The van der Waals surface area contributed by atoms with Crippen LogP contribution in [0.25, 0.3) is 10.7 Å². The number of fused-ring (bicyclic) bond motifs is 1. The summed E-state index contributed by atoms with van der Waals surface area (Å²) in [4.78, 5) is -0.0729. The maximum absolute atomic E-state index is 12.8. The van der Waals surface area contributed by atoms with Crippen molar-refractivity contribution in [1.82, 2.24) is 9.78 Å².